The molecule has 1 aliphatic rings. The molecule has 0 bridgehead atoms. The third-order valence-corrected chi connectivity index (χ3v) is 4.32. The summed E-state index contributed by atoms with van der Waals surface area (Å²) < 4.78 is 0. The Labute approximate surface area is 131 Å². The second-order valence-electron chi connectivity index (χ2n) is 5.84. The molecule has 0 atom stereocenters. The molecule has 0 spiro atoms. The summed E-state index contributed by atoms with van der Waals surface area (Å²) in [5, 5.41) is 0. The molecular formula is C22H18. The van der Waals surface area contributed by atoms with E-state index in [1.54, 1.807) is 0 Å². The summed E-state index contributed by atoms with van der Waals surface area (Å²) in [6.07, 6.45) is 6.50. The fourth-order valence-corrected chi connectivity index (χ4v) is 3.22. The SMILES string of the molecule is C(=C\c1ccccc1)/Cc1ccc2c(c1)Cc1ccccc1-2. The first-order chi connectivity index (χ1) is 10.9. The number of allylic oxidation sites excluding steroid dienone is 1. The van der Waals surface area contributed by atoms with Crippen LogP contribution in [0.1, 0.15) is 22.3 Å². The molecule has 0 heterocycles. The van der Waals surface area contributed by atoms with E-state index in [9.17, 15) is 0 Å². The first kappa shape index (κ1) is 13.1. The van der Waals surface area contributed by atoms with Gasteiger partial charge in [0.25, 0.3) is 0 Å². The minimum absolute atomic E-state index is 0.985. The van der Waals surface area contributed by atoms with E-state index in [1.165, 1.54) is 33.4 Å². The fraction of sp³-hybridized carbons (Fsp3) is 0.0909. The zero-order chi connectivity index (χ0) is 14.8. The highest BCUT2D eigenvalue weighted by atomic mass is 14.2. The lowest BCUT2D eigenvalue weighted by Crippen LogP contribution is -1.86. The van der Waals surface area contributed by atoms with Gasteiger partial charge in [0.2, 0.25) is 0 Å². The average molecular weight is 282 g/mol. The molecule has 106 valence electrons. The molecule has 0 saturated carbocycles. The molecule has 0 heteroatoms. The fourth-order valence-electron chi connectivity index (χ4n) is 3.22. The van der Waals surface area contributed by atoms with Crippen molar-refractivity contribution in [2.45, 2.75) is 12.8 Å². The lowest BCUT2D eigenvalue weighted by molar-refractivity contribution is 1.21. The summed E-state index contributed by atoms with van der Waals surface area (Å²) >= 11 is 0. The standard InChI is InChI=1S/C22H18/c1-2-7-17(8-3-1)9-6-10-18-13-14-22-20(15-18)16-19-11-4-5-12-21(19)22/h1-9,11-15H,10,16H2/b9-6+. The van der Waals surface area contributed by atoms with E-state index in [0.717, 1.165) is 12.8 Å². The zero-order valence-electron chi connectivity index (χ0n) is 12.5. The summed E-state index contributed by atoms with van der Waals surface area (Å²) in [4.78, 5) is 0. The Morgan fingerprint density at radius 1 is 0.727 bits per heavy atom. The van der Waals surface area contributed by atoms with Crippen molar-refractivity contribution in [2.75, 3.05) is 0 Å². The Bertz CT molecular complexity index is 826. The second-order valence-corrected chi connectivity index (χ2v) is 5.84. The Balaban J connectivity index is 1.54. The molecule has 0 fully saturated rings. The predicted molar refractivity (Wildman–Crippen MR) is 93.9 cm³/mol. The van der Waals surface area contributed by atoms with Crippen molar-refractivity contribution in [3.8, 4) is 11.1 Å². The molecule has 0 unspecified atom stereocenters. The van der Waals surface area contributed by atoms with Crippen LogP contribution in [0.5, 0.6) is 0 Å². The van der Waals surface area contributed by atoms with Crippen LogP contribution in [-0.2, 0) is 12.8 Å². The first-order valence-corrected chi connectivity index (χ1v) is 7.82. The smallest absolute Gasteiger partial charge is 0.00134 e. The molecule has 22 heavy (non-hydrogen) atoms. The van der Waals surface area contributed by atoms with Gasteiger partial charge in [0.1, 0.15) is 0 Å². The summed E-state index contributed by atoms with van der Waals surface area (Å²) in [5.41, 5.74) is 8.38. The van der Waals surface area contributed by atoms with E-state index in [-0.39, 0.29) is 0 Å². The first-order valence-electron chi connectivity index (χ1n) is 7.82. The van der Waals surface area contributed by atoms with Gasteiger partial charge in [-0.05, 0) is 46.2 Å². The van der Waals surface area contributed by atoms with Crippen molar-refractivity contribution in [3.63, 3.8) is 0 Å². The van der Waals surface area contributed by atoms with Gasteiger partial charge in [0.15, 0.2) is 0 Å². The number of fused-ring (bicyclic) bond motifs is 3. The lowest BCUT2D eigenvalue weighted by Gasteiger charge is -2.03. The highest BCUT2D eigenvalue weighted by Crippen LogP contribution is 2.36. The quantitative estimate of drug-likeness (QED) is 0.464. The van der Waals surface area contributed by atoms with Crippen LogP contribution in [0.2, 0.25) is 0 Å². The second kappa shape index (κ2) is 5.65. The van der Waals surface area contributed by atoms with Crippen LogP contribution in [0.15, 0.2) is 78.9 Å². The summed E-state index contributed by atoms with van der Waals surface area (Å²) in [7, 11) is 0. The molecule has 0 aliphatic heterocycles. The number of rotatable bonds is 3. The minimum atomic E-state index is 0.985. The maximum atomic E-state index is 2.37. The van der Waals surface area contributed by atoms with Crippen LogP contribution in [0.25, 0.3) is 17.2 Å². The van der Waals surface area contributed by atoms with Crippen molar-refractivity contribution < 1.29 is 0 Å². The van der Waals surface area contributed by atoms with Crippen molar-refractivity contribution in [3.05, 3.63) is 101 Å². The largest absolute Gasteiger partial charge is 0.0795 e. The van der Waals surface area contributed by atoms with Gasteiger partial charge < -0.3 is 0 Å². The van der Waals surface area contributed by atoms with E-state index < -0.39 is 0 Å². The van der Waals surface area contributed by atoms with E-state index in [1.807, 2.05) is 0 Å². The molecule has 0 nitrogen and oxygen atoms in total. The predicted octanol–water partition coefficient (Wildman–Crippen LogP) is 5.51. The average Bonchev–Trinajstić information content (AvgIpc) is 2.93. The van der Waals surface area contributed by atoms with E-state index >= 15 is 0 Å². The third kappa shape index (κ3) is 2.48. The van der Waals surface area contributed by atoms with Gasteiger partial charge >= 0.3 is 0 Å². The maximum Gasteiger partial charge on any atom is -0.00134 e. The van der Waals surface area contributed by atoms with Crippen LogP contribution in [0.3, 0.4) is 0 Å². The molecule has 0 radical (unpaired) electrons. The molecule has 0 aromatic heterocycles. The van der Waals surface area contributed by atoms with E-state index in [0.29, 0.717) is 0 Å². The van der Waals surface area contributed by atoms with Gasteiger partial charge in [-0.2, -0.15) is 0 Å². The Morgan fingerprint density at radius 2 is 1.50 bits per heavy atom. The maximum absolute atomic E-state index is 2.37. The monoisotopic (exact) mass is 282 g/mol. The molecule has 3 aromatic rings. The van der Waals surface area contributed by atoms with Crippen molar-refractivity contribution >= 4 is 6.08 Å². The topological polar surface area (TPSA) is 0 Å². The molecular weight excluding hydrogens is 264 g/mol. The molecule has 3 aromatic carbocycles. The molecule has 0 amide bonds. The van der Waals surface area contributed by atoms with Gasteiger partial charge in [0, 0.05) is 0 Å². The highest BCUT2D eigenvalue weighted by molar-refractivity contribution is 5.77. The Kier molecular flexibility index (Phi) is 3.36. The van der Waals surface area contributed by atoms with Crippen molar-refractivity contribution in [1.29, 1.82) is 0 Å². The molecule has 4 rings (SSSR count). The summed E-state index contributed by atoms with van der Waals surface area (Å²) in [6, 6.07) is 26.1. The molecule has 1 aliphatic carbocycles. The van der Waals surface area contributed by atoms with Crippen LogP contribution in [-0.4, -0.2) is 0 Å². The van der Waals surface area contributed by atoms with Crippen LogP contribution in [0.4, 0.5) is 0 Å². The van der Waals surface area contributed by atoms with Gasteiger partial charge in [-0.25, -0.2) is 0 Å². The van der Waals surface area contributed by atoms with Gasteiger partial charge in [-0.1, -0.05) is 84.9 Å². The van der Waals surface area contributed by atoms with Crippen LogP contribution < -0.4 is 0 Å². The van der Waals surface area contributed by atoms with E-state index in [2.05, 4.69) is 84.9 Å². The van der Waals surface area contributed by atoms with E-state index in [4.69, 9.17) is 0 Å². The van der Waals surface area contributed by atoms with Crippen molar-refractivity contribution in [2.24, 2.45) is 0 Å². The summed E-state index contributed by atoms with van der Waals surface area (Å²) in [5.74, 6) is 0. The highest BCUT2D eigenvalue weighted by Gasteiger charge is 2.17. The Hall–Kier alpha value is -2.60. The van der Waals surface area contributed by atoms with Crippen LogP contribution >= 0.6 is 0 Å². The number of hydrogen-bond acceptors (Lipinski definition) is 0. The van der Waals surface area contributed by atoms with Gasteiger partial charge in [-0.3, -0.25) is 0 Å². The minimum Gasteiger partial charge on any atom is -0.0795 e. The van der Waals surface area contributed by atoms with Crippen molar-refractivity contribution in [1.82, 2.24) is 0 Å². The third-order valence-electron chi connectivity index (χ3n) is 4.32. The lowest BCUT2D eigenvalue weighted by atomic mass is 10.0. The van der Waals surface area contributed by atoms with Gasteiger partial charge in [0.05, 0.1) is 0 Å². The number of hydrogen-bond donors (Lipinski definition) is 0. The van der Waals surface area contributed by atoms with Gasteiger partial charge in [-0.15, -0.1) is 0 Å². The Morgan fingerprint density at radius 3 is 2.41 bits per heavy atom. The molecule has 0 saturated heterocycles. The number of benzene rings is 3. The zero-order valence-corrected chi connectivity index (χ0v) is 12.5. The van der Waals surface area contributed by atoms with Crippen LogP contribution in [0, 0.1) is 0 Å². The normalized spacial score (nSPS) is 12.4. The summed E-state index contributed by atoms with van der Waals surface area (Å²) in [6.45, 7) is 0. The molecule has 0 N–H and O–H groups in total.